The van der Waals surface area contributed by atoms with Crippen molar-refractivity contribution in [2.75, 3.05) is 7.11 Å². The van der Waals surface area contributed by atoms with E-state index < -0.39 is 17.6 Å². The number of methoxy groups -OCH3 is 1. The smallest absolute Gasteiger partial charge is 0.335 e. The van der Waals surface area contributed by atoms with Crippen LogP contribution in [0.1, 0.15) is 10.4 Å². The van der Waals surface area contributed by atoms with Crippen LogP contribution in [0.15, 0.2) is 36.4 Å². The van der Waals surface area contributed by atoms with Crippen LogP contribution < -0.4 is 4.74 Å². The molecule has 0 aromatic heterocycles. The first kappa shape index (κ1) is 13.0. The monoisotopic (exact) mass is 264 g/mol. The summed E-state index contributed by atoms with van der Waals surface area (Å²) in [5.41, 5.74) is -0.215. The van der Waals surface area contributed by atoms with E-state index in [1.54, 1.807) is 0 Å². The van der Waals surface area contributed by atoms with Crippen LogP contribution >= 0.6 is 0 Å². The maximum absolute atomic E-state index is 13.8. The number of ether oxygens (including phenoxy) is 1. The van der Waals surface area contributed by atoms with E-state index in [-0.39, 0.29) is 16.7 Å². The molecule has 2 aromatic rings. The maximum Gasteiger partial charge on any atom is 0.335 e. The molecule has 0 saturated carbocycles. The fourth-order valence-corrected chi connectivity index (χ4v) is 1.71. The van der Waals surface area contributed by atoms with Crippen molar-refractivity contribution in [1.29, 1.82) is 0 Å². The molecule has 5 heteroatoms. The van der Waals surface area contributed by atoms with Crippen molar-refractivity contribution < 1.29 is 23.4 Å². The minimum Gasteiger partial charge on any atom is -0.497 e. The molecule has 98 valence electrons. The van der Waals surface area contributed by atoms with Crippen LogP contribution in [0.5, 0.6) is 5.75 Å². The van der Waals surface area contributed by atoms with Crippen molar-refractivity contribution in [3.05, 3.63) is 53.6 Å². The van der Waals surface area contributed by atoms with E-state index in [4.69, 9.17) is 9.84 Å². The highest BCUT2D eigenvalue weighted by Crippen LogP contribution is 2.29. The molecule has 0 bridgehead atoms. The maximum atomic E-state index is 13.8. The summed E-state index contributed by atoms with van der Waals surface area (Å²) < 4.78 is 32.4. The zero-order chi connectivity index (χ0) is 14.0. The Bertz CT molecular complexity index is 639. The van der Waals surface area contributed by atoms with Crippen LogP contribution in [0, 0.1) is 11.6 Å². The number of carboxylic acids is 1. The van der Waals surface area contributed by atoms with Crippen LogP contribution in [0.25, 0.3) is 11.1 Å². The summed E-state index contributed by atoms with van der Waals surface area (Å²) in [6, 6.07) is 7.17. The number of benzene rings is 2. The molecule has 0 aliphatic rings. The summed E-state index contributed by atoms with van der Waals surface area (Å²) in [6.45, 7) is 0. The number of aromatic carboxylic acids is 1. The molecule has 1 N–H and O–H groups in total. The average Bonchev–Trinajstić information content (AvgIpc) is 2.39. The van der Waals surface area contributed by atoms with E-state index in [1.807, 2.05) is 0 Å². The van der Waals surface area contributed by atoms with Gasteiger partial charge < -0.3 is 9.84 Å². The van der Waals surface area contributed by atoms with Gasteiger partial charge in [0.05, 0.1) is 12.7 Å². The second kappa shape index (κ2) is 5.06. The molecule has 0 atom stereocenters. The van der Waals surface area contributed by atoms with Gasteiger partial charge in [-0.25, -0.2) is 13.6 Å². The van der Waals surface area contributed by atoms with Gasteiger partial charge in [0.25, 0.3) is 0 Å². The van der Waals surface area contributed by atoms with Crippen molar-refractivity contribution in [1.82, 2.24) is 0 Å². The predicted molar refractivity (Wildman–Crippen MR) is 65.3 cm³/mol. The number of hydrogen-bond donors (Lipinski definition) is 1. The van der Waals surface area contributed by atoms with Gasteiger partial charge in [0.15, 0.2) is 0 Å². The molecule has 0 saturated heterocycles. The standard InChI is InChI=1S/C14H10F2O3/c1-19-9-3-4-10(13(16)7-9)11-6-8(14(17)18)2-5-12(11)15/h2-7H,1H3,(H,17,18). The summed E-state index contributed by atoms with van der Waals surface area (Å²) in [5.74, 6) is -2.26. The van der Waals surface area contributed by atoms with Crippen LogP contribution in [-0.2, 0) is 0 Å². The van der Waals surface area contributed by atoms with Gasteiger partial charge in [-0.05, 0) is 30.3 Å². The van der Waals surface area contributed by atoms with Gasteiger partial charge in [-0.2, -0.15) is 0 Å². The number of halogens is 2. The Morgan fingerprint density at radius 1 is 1.05 bits per heavy atom. The van der Waals surface area contributed by atoms with Crippen LogP contribution in [0.3, 0.4) is 0 Å². The number of rotatable bonds is 3. The second-order valence-electron chi connectivity index (χ2n) is 3.85. The van der Waals surface area contributed by atoms with Gasteiger partial charge in [0.2, 0.25) is 0 Å². The van der Waals surface area contributed by atoms with E-state index in [0.717, 1.165) is 24.3 Å². The lowest BCUT2D eigenvalue weighted by molar-refractivity contribution is 0.0697. The molecule has 0 radical (unpaired) electrons. The third kappa shape index (κ3) is 2.54. The Hall–Kier alpha value is -2.43. The summed E-state index contributed by atoms with van der Waals surface area (Å²) in [6.07, 6.45) is 0. The van der Waals surface area contributed by atoms with Crippen molar-refractivity contribution in [3.63, 3.8) is 0 Å². The molecule has 19 heavy (non-hydrogen) atoms. The highest BCUT2D eigenvalue weighted by molar-refractivity contribution is 5.89. The normalized spacial score (nSPS) is 10.3. The Balaban J connectivity index is 2.58. The molecule has 3 nitrogen and oxygen atoms in total. The summed E-state index contributed by atoms with van der Waals surface area (Å²) >= 11 is 0. The third-order valence-corrected chi connectivity index (χ3v) is 2.68. The predicted octanol–water partition coefficient (Wildman–Crippen LogP) is 3.34. The van der Waals surface area contributed by atoms with Crippen molar-refractivity contribution in [3.8, 4) is 16.9 Å². The molecule has 0 aliphatic carbocycles. The van der Waals surface area contributed by atoms with Crippen LogP contribution in [0.2, 0.25) is 0 Å². The molecular weight excluding hydrogens is 254 g/mol. The average molecular weight is 264 g/mol. The van der Waals surface area contributed by atoms with Gasteiger partial charge >= 0.3 is 5.97 Å². The highest BCUT2D eigenvalue weighted by Gasteiger charge is 2.14. The molecular formula is C14H10F2O3. The zero-order valence-electron chi connectivity index (χ0n) is 9.98. The quantitative estimate of drug-likeness (QED) is 0.924. The zero-order valence-corrected chi connectivity index (χ0v) is 9.98. The highest BCUT2D eigenvalue weighted by atomic mass is 19.1. The van der Waals surface area contributed by atoms with E-state index >= 15 is 0 Å². The van der Waals surface area contributed by atoms with Crippen molar-refractivity contribution in [2.24, 2.45) is 0 Å². The van der Waals surface area contributed by atoms with Gasteiger partial charge in [-0.1, -0.05) is 0 Å². The van der Waals surface area contributed by atoms with Gasteiger partial charge in [0, 0.05) is 17.2 Å². The van der Waals surface area contributed by atoms with E-state index in [2.05, 4.69) is 0 Å². The largest absolute Gasteiger partial charge is 0.497 e. The molecule has 2 aromatic carbocycles. The first-order valence-electron chi connectivity index (χ1n) is 5.39. The number of hydrogen-bond acceptors (Lipinski definition) is 2. The lowest BCUT2D eigenvalue weighted by Crippen LogP contribution is -1.98. The summed E-state index contributed by atoms with van der Waals surface area (Å²) in [5, 5.41) is 8.86. The minimum absolute atomic E-state index is 0.0126. The van der Waals surface area contributed by atoms with Gasteiger partial charge in [-0.3, -0.25) is 0 Å². The van der Waals surface area contributed by atoms with E-state index in [9.17, 15) is 13.6 Å². The molecule has 0 fully saturated rings. The van der Waals surface area contributed by atoms with Crippen LogP contribution in [0.4, 0.5) is 8.78 Å². The Morgan fingerprint density at radius 3 is 2.37 bits per heavy atom. The minimum atomic E-state index is -1.20. The number of carboxylic acid groups (broad SMARTS) is 1. The number of carbonyl (C=O) groups is 1. The van der Waals surface area contributed by atoms with Crippen molar-refractivity contribution in [2.45, 2.75) is 0 Å². The lowest BCUT2D eigenvalue weighted by Gasteiger charge is -2.08. The summed E-state index contributed by atoms with van der Waals surface area (Å²) in [4.78, 5) is 10.8. The van der Waals surface area contributed by atoms with Gasteiger partial charge in [0.1, 0.15) is 17.4 Å². The second-order valence-corrected chi connectivity index (χ2v) is 3.85. The molecule has 0 heterocycles. The Morgan fingerprint density at radius 2 is 1.79 bits per heavy atom. The first-order chi connectivity index (χ1) is 9.02. The fraction of sp³-hybridized carbons (Fsp3) is 0.0714. The molecule has 0 aliphatic heterocycles. The molecule has 0 amide bonds. The van der Waals surface area contributed by atoms with E-state index in [0.29, 0.717) is 5.75 Å². The summed E-state index contributed by atoms with van der Waals surface area (Å²) in [7, 11) is 1.39. The Kier molecular flexibility index (Phi) is 3.46. The molecule has 2 rings (SSSR count). The van der Waals surface area contributed by atoms with Crippen LogP contribution in [-0.4, -0.2) is 18.2 Å². The molecule has 0 unspecified atom stereocenters. The fourth-order valence-electron chi connectivity index (χ4n) is 1.71. The third-order valence-electron chi connectivity index (χ3n) is 2.68. The topological polar surface area (TPSA) is 46.5 Å². The van der Waals surface area contributed by atoms with Gasteiger partial charge in [-0.15, -0.1) is 0 Å². The van der Waals surface area contributed by atoms with Crippen molar-refractivity contribution >= 4 is 5.97 Å². The Labute approximate surface area is 108 Å². The lowest BCUT2D eigenvalue weighted by atomic mass is 10.0. The molecule has 0 spiro atoms. The van der Waals surface area contributed by atoms with E-state index in [1.165, 1.54) is 19.2 Å². The first-order valence-corrected chi connectivity index (χ1v) is 5.39. The SMILES string of the molecule is COc1ccc(-c2cc(C(=O)O)ccc2F)c(F)c1.